The predicted molar refractivity (Wildman–Crippen MR) is 280 cm³/mol. The van der Waals surface area contributed by atoms with Crippen LogP contribution in [0.15, 0.2) is 170 Å². The molecule has 0 saturated carbocycles. The molecule has 0 amide bonds. The first kappa shape index (κ1) is 45.8. The maximum Gasteiger partial charge on any atom is 0.233 e. The third kappa shape index (κ3) is 10.2. The molecule has 0 aliphatic carbocycles. The van der Waals surface area contributed by atoms with Crippen LogP contribution in [0.1, 0.15) is 20.7 Å². The molecule has 8 aromatic carbocycles. The Balaban J connectivity index is 0.000000164. The van der Waals surface area contributed by atoms with E-state index in [1.54, 1.807) is 24.3 Å². The number of rotatable bonds is 9. The lowest BCUT2D eigenvalue weighted by atomic mass is 10.0. The van der Waals surface area contributed by atoms with Crippen LogP contribution in [0.5, 0.6) is 0 Å². The summed E-state index contributed by atoms with van der Waals surface area (Å²) in [6.45, 7) is 0. The third-order valence-electron chi connectivity index (χ3n) is 11.4. The van der Waals surface area contributed by atoms with Crippen molar-refractivity contribution in [3.63, 3.8) is 0 Å². The topological polar surface area (TPSA) is 125 Å². The molecule has 332 valence electrons. The van der Waals surface area contributed by atoms with Crippen molar-refractivity contribution in [2.24, 2.45) is 0 Å². The Hall–Kier alpha value is -8.24. The van der Waals surface area contributed by atoms with Crippen molar-refractivity contribution in [2.45, 2.75) is 0 Å². The van der Waals surface area contributed by atoms with Crippen LogP contribution in [0.25, 0.3) is 55.1 Å². The van der Waals surface area contributed by atoms with Gasteiger partial charge in [0.1, 0.15) is 0 Å². The lowest BCUT2D eigenvalue weighted by Gasteiger charge is -2.16. The molecule has 0 bridgehead atoms. The van der Waals surface area contributed by atoms with Crippen molar-refractivity contribution < 1.29 is 9.59 Å². The molecule has 0 radical (unpaired) electrons. The van der Waals surface area contributed by atoms with Crippen molar-refractivity contribution in [3.8, 4) is 22.5 Å². The van der Waals surface area contributed by atoms with E-state index in [4.69, 9.17) is 21.4 Å². The number of carbonyl (C=O) groups excluding carboxylic acids is 2. The Morgan fingerprint density at radius 1 is 0.394 bits per heavy atom. The summed E-state index contributed by atoms with van der Waals surface area (Å²) in [6.07, 6.45) is 0. The highest BCUT2D eigenvalue weighted by Crippen LogP contribution is 2.35. The fraction of sp³-hybridized carbons (Fsp3) is 0.143. The van der Waals surface area contributed by atoms with Crippen molar-refractivity contribution >= 4 is 78.3 Å². The number of nitrogens with two attached hydrogens (primary N) is 2. The van der Waals surface area contributed by atoms with E-state index in [2.05, 4.69) is 109 Å². The number of carbonyl (C=O) groups is 2. The summed E-state index contributed by atoms with van der Waals surface area (Å²) < 4.78 is 0. The van der Waals surface area contributed by atoms with E-state index >= 15 is 0 Å². The maximum absolute atomic E-state index is 12.3. The summed E-state index contributed by atoms with van der Waals surface area (Å²) in [5, 5.41) is 4.45. The van der Waals surface area contributed by atoms with Gasteiger partial charge < -0.3 is 31.1 Å². The Morgan fingerprint density at radius 3 is 1.20 bits per heavy atom. The van der Waals surface area contributed by atoms with Gasteiger partial charge in [-0.15, -0.1) is 0 Å². The van der Waals surface area contributed by atoms with E-state index in [1.807, 2.05) is 113 Å². The number of nitrogens with zero attached hydrogens (tertiary/aromatic N) is 6. The number of ketones is 2. The average molecular weight is 873 g/mol. The smallest absolute Gasteiger partial charge is 0.233 e. The lowest BCUT2D eigenvalue weighted by molar-refractivity contribution is 0.0817. The van der Waals surface area contributed by atoms with Gasteiger partial charge in [-0.3, -0.25) is 9.59 Å². The van der Waals surface area contributed by atoms with E-state index < -0.39 is 11.6 Å². The highest BCUT2D eigenvalue weighted by Gasteiger charge is 2.19. The summed E-state index contributed by atoms with van der Waals surface area (Å²) in [6, 6.07) is 55.4. The Labute approximate surface area is 387 Å². The molecule has 0 saturated heterocycles. The summed E-state index contributed by atoms with van der Waals surface area (Å²) in [4.78, 5) is 42.9. The minimum Gasteiger partial charge on any atom is -0.397 e. The Bertz CT molecular complexity index is 3060. The SMILES string of the molecule is CN(C)c1ccc(-c2nc3ccc4ccccc4c3nc2-c2ccc(N(C)C)cc2)cc1.CN(C)c1ccc(C(=O)C(=O)c2ccc(N(C)C)cc2)cc1.Nc1ccc2ccccc2c1N. The van der Waals surface area contributed by atoms with Gasteiger partial charge in [0, 0.05) is 112 Å². The molecule has 1 heterocycles. The van der Waals surface area contributed by atoms with Gasteiger partial charge in [0.2, 0.25) is 11.6 Å². The number of Topliss-reactive ketones (excluding diaryl/α,β-unsaturated/α-hetero) is 2. The summed E-state index contributed by atoms with van der Waals surface area (Å²) in [5.74, 6) is -0.967. The van der Waals surface area contributed by atoms with E-state index in [0.29, 0.717) is 22.5 Å². The number of nitrogen functional groups attached to an aromatic ring is 2. The van der Waals surface area contributed by atoms with Gasteiger partial charge in [-0.1, -0.05) is 84.9 Å². The summed E-state index contributed by atoms with van der Waals surface area (Å²) >= 11 is 0. The van der Waals surface area contributed by atoms with Gasteiger partial charge in [-0.2, -0.15) is 0 Å². The molecule has 66 heavy (non-hydrogen) atoms. The Morgan fingerprint density at radius 2 is 0.758 bits per heavy atom. The van der Waals surface area contributed by atoms with Gasteiger partial charge in [0.05, 0.1) is 33.8 Å². The van der Waals surface area contributed by atoms with Crippen molar-refractivity contribution in [3.05, 3.63) is 181 Å². The zero-order valence-electron chi connectivity index (χ0n) is 38.8. The first-order chi connectivity index (χ1) is 31.7. The van der Waals surface area contributed by atoms with Crippen LogP contribution in [0.4, 0.5) is 34.1 Å². The minimum atomic E-state index is -0.483. The molecule has 0 atom stereocenters. The van der Waals surface area contributed by atoms with Gasteiger partial charge in [-0.25, -0.2) is 9.97 Å². The largest absolute Gasteiger partial charge is 0.397 e. The molecule has 10 nitrogen and oxygen atoms in total. The van der Waals surface area contributed by atoms with Crippen LogP contribution in [0.2, 0.25) is 0 Å². The number of anilines is 6. The first-order valence-corrected chi connectivity index (χ1v) is 21.6. The number of aromatic nitrogens is 2. The molecule has 0 unspecified atom stereocenters. The monoisotopic (exact) mass is 872 g/mol. The molecular weight excluding hydrogens is 817 g/mol. The molecule has 4 N–H and O–H groups in total. The Kier molecular flexibility index (Phi) is 13.9. The fourth-order valence-corrected chi connectivity index (χ4v) is 7.42. The van der Waals surface area contributed by atoms with Crippen LogP contribution in [-0.4, -0.2) is 77.9 Å². The minimum absolute atomic E-state index is 0.410. The second-order valence-corrected chi connectivity index (χ2v) is 16.8. The number of fused-ring (bicyclic) bond motifs is 4. The van der Waals surface area contributed by atoms with Crippen molar-refractivity contribution in [2.75, 3.05) is 87.4 Å². The molecule has 0 spiro atoms. The zero-order chi connectivity index (χ0) is 47.1. The van der Waals surface area contributed by atoms with E-state index in [-0.39, 0.29) is 0 Å². The number of hydrogen-bond acceptors (Lipinski definition) is 10. The number of benzene rings is 8. The number of hydrogen-bond donors (Lipinski definition) is 2. The molecule has 0 fully saturated rings. The molecule has 0 aliphatic rings. The fourth-order valence-electron chi connectivity index (χ4n) is 7.42. The summed E-state index contributed by atoms with van der Waals surface area (Å²) in [7, 11) is 15.9. The second-order valence-electron chi connectivity index (χ2n) is 16.8. The standard InChI is InChI=1S/C28H26N4.C18H20N2O2.C10H10N2/c1-31(2)22-14-9-20(10-15-22)26-27(21-11-16-23(17-12-21)32(3)4)30-28-24-8-6-5-7-19(24)13-18-25(28)29-26;1-19(2)15-9-5-13(6-10-15)17(21)18(22)14-7-11-16(12-8-14)20(3)4;11-9-6-5-7-3-1-2-4-8(7)10(9)12/h5-18H,1-4H3;5-12H,1-4H3;1-6H,11-12H2. The lowest BCUT2D eigenvalue weighted by Crippen LogP contribution is -2.15. The molecule has 9 aromatic rings. The molecule has 0 aliphatic heterocycles. The normalized spacial score (nSPS) is 10.7. The molecule has 10 heteroatoms. The van der Waals surface area contributed by atoms with Gasteiger partial charge >= 0.3 is 0 Å². The first-order valence-electron chi connectivity index (χ1n) is 21.6. The van der Waals surface area contributed by atoms with Crippen LogP contribution >= 0.6 is 0 Å². The second kappa shape index (κ2) is 20.1. The van der Waals surface area contributed by atoms with Gasteiger partial charge in [-0.05, 0) is 95.7 Å². The third-order valence-corrected chi connectivity index (χ3v) is 11.4. The van der Waals surface area contributed by atoms with Crippen LogP contribution in [-0.2, 0) is 0 Å². The molecule has 9 rings (SSSR count). The average Bonchev–Trinajstić information content (AvgIpc) is 3.34. The maximum atomic E-state index is 12.3. The van der Waals surface area contributed by atoms with E-state index in [9.17, 15) is 9.59 Å². The van der Waals surface area contributed by atoms with Gasteiger partial charge in [0.25, 0.3) is 0 Å². The zero-order valence-corrected chi connectivity index (χ0v) is 38.8. The van der Waals surface area contributed by atoms with E-state index in [0.717, 1.165) is 72.5 Å². The van der Waals surface area contributed by atoms with E-state index in [1.165, 1.54) is 5.39 Å². The van der Waals surface area contributed by atoms with Crippen molar-refractivity contribution in [1.82, 2.24) is 9.97 Å². The predicted octanol–water partition coefficient (Wildman–Crippen LogP) is 11.1. The van der Waals surface area contributed by atoms with Crippen LogP contribution in [0, 0.1) is 0 Å². The molecular formula is C56H56N8O2. The molecule has 1 aromatic heterocycles. The quantitative estimate of drug-likeness (QED) is 0.0627. The van der Waals surface area contributed by atoms with Gasteiger partial charge in [0.15, 0.2) is 0 Å². The highest BCUT2D eigenvalue weighted by molar-refractivity contribution is 6.49. The highest BCUT2D eigenvalue weighted by atomic mass is 16.2. The van der Waals surface area contributed by atoms with Crippen molar-refractivity contribution in [1.29, 1.82) is 0 Å². The van der Waals surface area contributed by atoms with Crippen LogP contribution < -0.4 is 31.1 Å². The van der Waals surface area contributed by atoms with Crippen LogP contribution in [0.3, 0.4) is 0 Å². The summed E-state index contributed by atoms with van der Waals surface area (Å²) in [5.41, 5.74) is 23.6.